The van der Waals surface area contributed by atoms with Crippen molar-refractivity contribution in [1.29, 1.82) is 0 Å². The molecular weight excluding hydrogens is 318 g/mol. The lowest BCUT2D eigenvalue weighted by Crippen LogP contribution is -2.40. The van der Waals surface area contributed by atoms with Gasteiger partial charge in [-0.15, -0.1) is 12.4 Å². The maximum atomic E-state index is 5.95. The average molecular weight is 334 g/mol. The lowest BCUT2D eigenvalue weighted by atomic mass is 10.2. The van der Waals surface area contributed by atoms with E-state index in [0.29, 0.717) is 19.1 Å². The Bertz CT molecular complexity index is 809. The van der Waals surface area contributed by atoms with Gasteiger partial charge in [0.15, 0.2) is 23.3 Å². The minimum Gasteiger partial charge on any atom is -0.486 e. The molecule has 0 saturated carbocycles. The van der Waals surface area contributed by atoms with Crippen molar-refractivity contribution in [2.24, 2.45) is 0 Å². The summed E-state index contributed by atoms with van der Waals surface area (Å²) < 4.78 is 11.7. The Balaban J connectivity index is 0.00000156. The van der Waals surface area contributed by atoms with Crippen molar-refractivity contribution in [3.63, 3.8) is 0 Å². The second-order valence-corrected chi connectivity index (χ2v) is 5.22. The SMILES string of the molecule is CN(CC1COc2ccccc2O1)c1ncc2cn[nH]c2n1.Cl. The highest BCUT2D eigenvalue weighted by atomic mass is 35.5. The number of anilines is 1. The van der Waals surface area contributed by atoms with Crippen molar-refractivity contribution in [3.8, 4) is 11.5 Å². The summed E-state index contributed by atoms with van der Waals surface area (Å²) in [5, 5.41) is 7.69. The number of fused-ring (bicyclic) bond motifs is 2. The van der Waals surface area contributed by atoms with Crippen LogP contribution in [0.1, 0.15) is 0 Å². The lowest BCUT2D eigenvalue weighted by molar-refractivity contribution is 0.0958. The van der Waals surface area contributed by atoms with Crippen LogP contribution in [0, 0.1) is 0 Å². The van der Waals surface area contributed by atoms with Crippen LogP contribution in [0.15, 0.2) is 36.7 Å². The molecule has 8 heteroatoms. The molecule has 3 aromatic rings. The number of benzene rings is 1. The topological polar surface area (TPSA) is 76.2 Å². The highest BCUT2D eigenvalue weighted by Gasteiger charge is 2.22. The van der Waals surface area contributed by atoms with Gasteiger partial charge in [0.25, 0.3) is 0 Å². The number of likely N-dealkylation sites (N-methyl/N-ethyl adjacent to an activating group) is 1. The van der Waals surface area contributed by atoms with Crippen LogP contribution >= 0.6 is 12.4 Å². The Morgan fingerprint density at radius 1 is 1.26 bits per heavy atom. The maximum absolute atomic E-state index is 5.95. The highest BCUT2D eigenvalue weighted by molar-refractivity contribution is 5.85. The van der Waals surface area contributed by atoms with E-state index in [9.17, 15) is 0 Å². The fourth-order valence-corrected chi connectivity index (χ4v) is 2.45. The normalized spacial score (nSPS) is 16.0. The van der Waals surface area contributed by atoms with Gasteiger partial charge in [-0.3, -0.25) is 5.10 Å². The minimum absolute atomic E-state index is 0. The van der Waals surface area contributed by atoms with Gasteiger partial charge < -0.3 is 14.4 Å². The summed E-state index contributed by atoms with van der Waals surface area (Å²) >= 11 is 0. The van der Waals surface area contributed by atoms with Crippen LogP contribution in [0.2, 0.25) is 0 Å². The molecule has 0 aliphatic carbocycles. The van der Waals surface area contributed by atoms with Gasteiger partial charge in [0.2, 0.25) is 5.95 Å². The summed E-state index contributed by atoms with van der Waals surface area (Å²) in [5.41, 5.74) is 0.725. The van der Waals surface area contributed by atoms with E-state index in [0.717, 1.165) is 22.5 Å². The van der Waals surface area contributed by atoms with Crippen LogP contribution in [0.25, 0.3) is 11.0 Å². The van der Waals surface area contributed by atoms with E-state index in [2.05, 4.69) is 20.2 Å². The number of rotatable bonds is 3. The van der Waals surface area contributed by atoms with E-state index in [1.807, 2.05) is 36.2 Å². The Kier molecular flexibility index (Phi) is 4.20. The van der Waals surface area contributed by atoms with Gasteiger partial charge in [0.05, 0.1) is 18.1 Å². The quantitative estimate of drug-likeness (QED) is 0.790. The van der Waals surface area contributed by atoms with E-state index >= 15 is 0 Å². The number of para-hydroxylation sites is 2. The molecule has 7 nitrogen and oxygen atoms in total. The van der Waals surface area contributed by atoms with Crippen molar-refractivity contribution in [2.75, 3.05) is 25.1 Å². The van der Waals surface area contributed by atoms with E-state index < -0.39 is 0 Å². The molecule has 3 heterocycles. The molecule has 1 atom stereocenters. The summed E-state index contributed by atoms with van der Waals surface area (Å²) in [6.07, 6.45) is 3.39. The number of hydrogen-bond acceptors (Lipinski definition) is 6. The molecular formula is C15H16ClN5O2. The summed E-state index contributed by atoms with van der Waals surface area (Å²) in [7, 11) is 1.93. The zero-order valence-electron chi connectivity index (χ0n) is 12.5. The van der Waals surface area contributed by atoms with Gasteiger partial charge in [-0.25, -0.2) is 4.98 Å². The predicted molar refractivity (Wildman–Crippen MR) is 88.6 cm³/mol. The summed E-state index contributed by atoms with van der Waals surface area (Å²) in [6.45, 7) is 1.14. The monoisotopic (exact) mass is 333 g/mol. The smallest absolute Gasteiger partial charge is 0.227 e. The Hall–Kier alpha value is -2.54. The van der Waals surface area contributed by atoms with Gasteiger partial charge in [-0.05, 0) is 12.1 Å². The molecule has 1 aliphatic rings. The fourth-order valence-electron chi connectivity index (χ4n) is 2.45. The number of H-pyrrole nitrogens is 1. The zero-order valence-corrected chi connectivity index (χ0v) is 13.3. The fraction of sp³-hybridized carbons (Fsp3) is 0.267. The van der Waals surface area contributed by atoms with E-state index in [4.69, 9.17) is 9.47 Å². The van der Waals surface area contributed by atoms with Crippen molar-refractivity contribution < 1.29 is 9.47 Å². The molecule has 120 valence electrons. The molecule has 1 unspecified atom stereocenters. The van der Waals surface area contributed by atoms with Crippen LogP contribution in [0.4, 0.5) is 5.95 Å². The molecule has 0 saturated heterocycles. The third kappa shape index (κ3) is 3.00. The number of ether oxygens (including phenoxy) is 2. The molecule has 1 aliphatic heterocycles. The van der Waals surface area contributed by atoms with Crippen LogP contribution in [0.5, 0.6) is 11.5 Å². The van der Waals surface area contributed by atoms with Crippen LogP contribution < -0.4 is 14.4 Å². The molecule has 0 radical (unpaired) electrons. The van der Waals surface area contributed by atoms with E-state index in [1.165, 1.54) is 0 Å². The number of hydrogen-bond donors (Lipinski definition) is 1. The van der Waals surface area contributed by atoms with E-state index in [1.54, 1.807) is 12.4 Å². The van der Waals surface area contributed by atoms with Crippen LogP contribution in [-0.4, -0.2) is 46.5 Å². The summed E-state index contributed by atoms with van der Waals surface area (Å²) in [6, 6.07) is 7.69. The minimum atomic E-state index is -0.0686. The lowest BCUT2D eigenvalue weighted by Gasteiger charge is -2.29. The number of halogens is 1. The number of nitrogens with zero attached hydrogens (tertiary/aromatic N) is 4. The molecule has 0 bridgehead atoms. The molecule has 0 fully saturated rings. The second-order valence-electron chi connectivity index (χ2n) is 5.22. The Morgan fingerprint density at radius 3 is 2.96 bits per heavy atom. The van der Waals surface area contributed by atoms with E-state index in [-0.39, 0.29) is 18.5 Å². The molecule has 1 N–H and O–H groups in total. The van der Waals surface area contributed by atoms with Gasteiger partial charge in [0, 0.05) is 13.2 Å². The van der Waals surface area contributed by atoms with Crippen molar-refractivity contribution >= 4 is 29.4 Å². The van der Waals surface area contributed by atoms with Gasteiger partial charge in [-0.2, -0.15) is 10.1 Å². The number of nitrogens with one attached hydrogen (secondary N) is 1. The molecule has 23 heavy (non-hydrogen) atoms. The third-order valence-electron chi connectivity index (χ3n) is 3.56. The largest absolute Gasteiger partial charge is 0.486 e. The molecule has 0 spiro atoms. The maximum Gasteiger partial charge on any atom is 0.227 e. The molecule has 2 aromatic heterocycles. The molecule has 4 rings (SSSR count). The third-order valence-corrected chi connectivity index (χ3v) is 3.56. The summed E-state index contributed by atoms with van der Waals surface area (Å²) in [4.78, 5) is 10.7. The summed E-state index contributed by atoms with van der Waals surface area (Å²) in [5.74, 6) is 2.19. The standard InChI is InChI=1S/C15H15N5O2.ClH/c1-20(15-16-6-10-7-17-19-14(10)18-15)8-11-9-21-12-4-2-3-5-13(12)22-11;/h2-7,11H,8-9H2,1H3,(H,16,17,18,19);1H. The van der Waals surface area contributed by atoms with Crippen LogP contribution in [-0.2, 0) is 0 Å². The van der Waals surface area contributed by atoms with Crippen molar-refractivity contribution in [1.82, 2.24) is 20.2 Å². The first-order chi connectivity index (χ1) is 10.8. The predicted octanol–water partition coefficient (Wildman–Crippen LogP) is 2.05. The Labute approximate surface area is 139 Å². The Morgan fingerprint density at radius 2 is 2.09 bits per heavy atom. The first-order valence-corrected chi connectivity index (χ1v) is 7.05. The first-order valence-electron chi connectivity index (χ1n) is 7.05. The number of aromatic amines is 1. The molecule has 1 aromatic carbocycles. The average Bonchev–Trinajstić information content (AvgIpc) is 3.02. The van der Waals surface area contributed by atoms with Gasteiger partial charge in [-0.1, -0.05) is 12.1 Å². The van der Waals surface area contributed by atoms with Crippen molar-refractivity contribution in [2.45, 2.75) is 6.10 Å². The van der Waals surface area contributed by atoms with Crippen LogP contribution in [0.3, 0.4) is 0 Å². The second kappa shape index (κ2) is 6.29. The van der Waals surface area contributed by atoms with Gasteiger partial charge in [0.1, 0.15) is 6.61 Å². The van der Waals surface area contributed by atoms with Crippen molar-refractivity contribution in [3.05, 3.63) is 36.7 Å². The molecule has 0 amide bonds. The zero-order chi connectivity index (χ0) is 14.9. The highest BCUT2D eigenvalue weighted by Crippen LogP contribution is 2.31. The number of aromatic nitrogens is 4. The first kappa shape index (κ1) is 15.4. The van der Waals surface area contributed by atoms with Gasteiger partial charge >= 0.3 is 0 Å².